The van der Waals surface area contributed by atoms with Crippen molar-refractivity contribution in [2.75, 3.05) is 31.3 Å². The molecule has 26 heavy (non-hydrogen) atoms. The standard InChI is InChI=1S/C20H24N2O4/c23-19-14-10-17-18(26-9-8-25-17)11-16(14)22(20(19)24)12-21-7-3-5-13-4-1-2-6-15(13)21/h10-11,13,15H,1-9,12H2/t13-,15+/m1/s1. The molecule has 0 aromatic heterocycles. The van der Waals surface area contributed by atoms with Crippen molar-refractivity contribution in [2.24, 2.45) is 5.92 Å². The van der Waals surface area contributed by atoms with E-state index >= 15 is 0 Å². The lowest BCUT2D eigenvalue weighted by Crippen LogP contribution is -2.52. The number of carbonyl (C=O) groups excluding carboxylic acids is 2. The number of amides is 1. The third kappa shape index (κ3) is 2.50. The van der Waals surface area contributed by atoms with Gasteiger partial charge in [0, 0.05) is 18.7 Å². The number of ether oxygens (including phenoxy) is 2. The van der Waals surface area contributed by atoms with Crippen LogP contribution in [0.4, 0.5) is 5.69 Å². The molecule has 4 aliphatic rings. The second-order valence-electron chi connectivity index (χ2n) is 7.78. The second kappa shape index (κ2) is 6.27. The second-order valence-corrected chi connectivity index (χ2v) is 7.78. The van der Waals surface area contributed by atoms with Gasteiger partial charge in [-0.25, -0.2) is 0 Å². The van der Waals surface area contributed by atoms with E-state index in [1.807, 2.05) is 0 Å². The van der Waals surface area contributed by atoms with E-state index in [2.05, 4.69) is 4.90 Å². The van der Waals surface area contributed by atoms with Crippen LogP contribution in [0.5, 0.6) is 11.5 Å². The van der Waals surface area contributed by atoms with E-state index in [0.717, 1.165) is 12.5 Å². The van der Waals surface area contributed by atoms with E-state index in [4.69, 9.17) is 9.47 Å². The summed E-state index contributed by atoms with van der Waals surface area (Å²) in [6, 6.07) is 4.01. The lowest BCUT2D eigenvalue weighted by molar-refractivity contribution is -0.115. The molecule has 3 aliphatic heterocycles. The van der Waals surface area contributed by atoms with Gasteiger partial charge in [0.25, 0.3) is 5.78 Å². The fourth-order valence-corrected chi connectivity index (χ4v) is 5.06. The molecule has 1 saturated carbocycles. The molecule has 0 spiro atoms. The van der Waals surface area contributed by atoms with Gasteiger partial charge < -0.3 is 9.47 Å². The maximum absolute atomic E-state index is 12.7. The van der Waals surface area contributed by atoms with Gasteiger partial charge in [-0.2, -0.15) is 0 Å². The van der Waals surface area contributed by atoms with Gasteiger partial charge in [-0.05, 0) is 37.7 Å². The number of carbonyl (C=O) groups is 2. The van der Waals surface area contributed by atoms with Crippen molar-refractivity contribution in [3.63, 3.8) is 0 Å². The first-order valence-electron chi connectivity index (χ1n) is 9.76. The molecule has 0 radical (unpaired) electrons. The maximum atomic E-state index is 12.7. The molecule has 138 valence electrons. The summed E-state index contributed by atoms with van der Waals surface area (Å²) in [4.78, 5) is 29.3. The molecule has 6 nitrogen and oxygen atoms in total. The molecule has 2 atom stereocenters. The number of anilines is 1. The first kappa shape index (κ1) is 16.1. The largest absolute Gasteiger partial charge is 0.486 e. The number of fused-ring (bicyclic) bond motifs is 3. The molecule has 1 aliphatic carbocycles. The molecule has 0 unspecified atom stereocenters. The van der Waals surface area contributed by atoms with Crippen LogP contribution in [0.1, 0.15) is 48.9 Å². The number of nitrogens with zero attached hydrogens (tertiary/aromatic N) is 2. The quantitative estimate of drug-likeness (QED) is 0.763. The number of ketones is 1. The number of rotatable bonds is 2. The van der Waals surface area contributed by atoms with Crippen molar-refractivity contribution in [3.05, 3.63) is 17.7 Å². The fraction of sp³-hybridized carbons (Fsp3) is 0.600. The highest BCUT2D eigenvalue weighted by atomic mass is 16.6. The van der Waals surface area contributed by atoms with Crippen LogP contribution in [-0.2, 0) is 4.79 Å². The Labute approximate surface area is 153 Å². The van der Waals surface area contributed by atoms with Crippen LogP contribution in [-0.4, -0.2) is 49.1 Å². The molecule has 1 aromatic carbocycles. The molecule has 5 rings (SSSR count). The Bertz CT molecular complexity index is 760. The Morgan fingerprint density at radius 2 is 1.69 bits per heavy atom. The average molecular weight is 356 g/mol. The van der Waals surface area contributed by atoms with Crippen molar-refractivity contribution >= 4 is 17.4 Å². The highest BCUT2D eigenvalue weighted by Crippen LogP contribution is 2.41. The van der Waals surface area contributed by atoms with Crippen LogP contribution in [0.15, 0.2) is 12.1 Å². The molecule has 1 saturated heterocycles. The summed E-state index contributed by atoms with van der Waals surface area (Å²) in [7, 11) is 0. The highest BCUT2D eigenvalue weighted by molar-refractivity contribution is 6.52. The Hall–Kier alpha value is -2.08. The van der Waals surface area contributed by atoms with E-state index in [-0.39, 0.29) is 0 Å². The summed E-state index contributed by atoms with van der Waals surface area (Å²) in [5, 5.41) is 0. The molecule has 6 heteroatoms. The molecule has 3 heterocycles. The first-order valence-corrected chi connectivity index (χ1v) is 9.76. The van der Waals surface area contributed by atoms with E-state index < -0.39 is 11.7 Å². The van der Waals surface area contributed by atoms with Crippen molar-refractivity contribution in [2.45, 2.75) is 44.6 Å². The van der Waals surface area contributed by atoms with E-state index in [1.54, 1.807) is 17.0 Å². The van der Waals surface area contributed by atoms with Gasteiger partial charge in [0.2, 0.25) is 0 Å². The molecule has 2 fully saturated rings. The van der Waals surface area contributed by atoms with Crippen molar-refractivity contribution in [1.82, 2.24) is 4.90 Å². The van der Waals surface area contributed by atoms with Gasteiger partial charge in [0.05, 0.1) is 17.9 Å². The molecule has 1 amide bonds. The monoisotopic (exact) mass is 356 g/mol. The molecule has 0 N–H and O–H groups in total. The fourth-order valence-electron chi connectivity index (χ4n) is 5.06. The third-order valence-corrected chi connectivity index (χ3v) is 6.32. The van der Waals surface area contributed by atoms with Crippen LogP contribution in [0.2, 0.25) is 0 Å². The van der Waals surface area contributed by atoms with Crippen LogP contribution >= 0.6 is 0 Å². The maximum Gasteiger partial charge on any atom is 0.300 e. The molecular formula is C20H24N2O4. The summed E-state index contributed by atoms with van der Waals surface area (Å²) in [5.74, 6) is 1.06. The summed E-state index contributed by atoms with van der Waals surface area (Å²) in [5.41, 5.74) is 1.11. The Kier molecular flexibility index (Phi) is 3.89. The number of benzene rings is 1. The van der Waals surface area contributed by atoms with Gasteiger partial charge in [-0.1, -0.05) is 12.8 Å². The smallest absolute Gasteiger partial charge is 0.300 e. The number of hydrogen-bond acceptors (Lipinski definition) is 5. The van der Waals surface area contributed by atoms with E-state index in [9.17, 15) is 9.59 Å². The zero-order chi connectivity index (χ0) is 17.7. The minimum absolute atomic E-state index is 0.430. The zero-order valence-electron chi connectivity index (χ0n) is 14.9. The Morgan fingerprint density at radius 3 is 2.54 bits per heavy atom. The first-order chi connectivity index (χ1) is 12.7. The summed E-state index contributed by atoms with van der Waals surface area (Å²) in [6.45, 7) is 2.45. The lowest BCUT2D eigenvalue weighted by Gasteiger charge is -2.45. The molecule has 0 bridgehead atoms. The Morgan fingerprint density at radius 1 is 0.962 bits per heavy atom. The molecular weight excluding hydrogens is 332 g/mol. The number of hydrogen-bond donors (Lipinski definition) is 0. The predicted octanol–water partition coefficient (Wildman–Crippen LogP) is 2.60. The number of likely N-dealkylation sites (tertiary alicyclic amines) is 1. The van der Waals surface area contributed by atoms with Gasteiger partial charge in [-0.15, -0.1) is 0 Å². The van der Waals surface area contributed by atoms with Crippen LogP contribution in [0.3, 0.4) is 0 Å². The van der Waals surface area contributed by atoms with Crippen LogP contribution < -0.4 is 14.4 Å². The Balaban J connectivity index is 1.45. The van der Waals surface area contributed by atoms with Gasteiger partial charge in [0.1, 0.15) is 13.2 Å². The zero-order valence-corrected chi connectivity index (χ0v) is 14.9. The van der Waals surface area contributed by atoms with Crippen molar-refractivity contribution in [3.8, 4) is 11.5 Å². The van der Waals surface area contributed by atoms with Crippen molar-refractivity contribution in [1.29, 1.82) is 0 Å². The van der Waals surface area contributed by atoms with Gasteiger partial charge >= 0.3 is 5.91 Å². The molecule has 1 aromatic rings. The minimum atomic E-state index is -0.436. The summed E-state index contributed by atoms with van der Waals surface area (Å²) in [6.07, 6.45) is 7.55. The van der Waals surface area contributed by atoms with E-state index in [1.165, 1.54) is 38.5 Å². The average Bonchev–Trinajstić information content (AvgIpc) is 2.91. The lowest BCUT2D eigenvalue weighted by atomic mass is 9.78. The summed E-state index contributed by atoms with van der Waals surface area (Å²) >= 11 is 0. The SMILES string of the molecule is O=C1C(=O)N(CN2CCC[C@H]3CCCC[C@@H]32)c2cc3c(cc21)OCCO3. The normalized spacial score (nSPS) is 28.1. The van der Waals surface area contributed by atoms with Crippen LogP contribution in [0, 0.1) is 5.92 Å². The van der Waals surface area contributed by atoms with E-state index in [0.29, 0.717) is 48.7 Å². The number of Topliss-reactive ketones (excluding diaryl/α,β-unsaturated/α-hetero) is 1. The third-order valence-electron chi connectivity index (χ3n) is 6.32. The van der Waals surface area contributed by atoms with Crippen LogP contribution in [0.25, 0.3) is 0 Å². The van der Waals surface area contributed by atoms with Crippen molar-refractivity contribution < 1.29 is 19.1 Å². The number of piperidine rings is 1. The topological polar surface area (TPSA) is 59.1 Å². The highest BCUT2D eigenvalue weighted by Gasteiger charge is 2.41. The minimum Gasteiger partial charge on any atom is -0.486 e. The summed E-state index contributed by atoms with van der Waals surface area (Å²) < 4.78 is 11.2. The predicted molar refractivity (Wildman–Crippen MR) is 95.8 cm³/mol. The van der Waals surface area contributed by atoms with Gasteiger partial charge in [0.15, 0.2) is 11.5 Å². The van der Waals surface area contributed by atoms with Gasteiger partial charge in [-0.3, -0.25) is 19.4 Å².